The summed E-state index contributed by atoms with van der Waals surface area (Å²) in [7, 11) is 0. The van der Waals surface area contributed by atoms with Crippen molar-refractivity contribution in [2.24, 2.45) is 46.3 Å². The molecule has 0 aromatic heterocycles. The van der Waals surface area contributed by atoms with Gasteiger partial charge in [0, 0.05) is 6.92 Å². The summed E-state index contributed by atoms with van der Waals surface area (Å²) in [6, 6.07) is -0.898. The minimum absolute atomic E-state index is 0.106. The van der Waals surface area contributed by atoms with Crippen LogP contribution in [0.1, 0.15) is 106 Å². The second-order valence-electron chi connectivity index (χ2n) is 15.8. The third-order valence-corrected chi connectivity index (χ3v) is 13.1. The van der Waals surface area contributed by atoms with E-state index >= 15 is 0 Å². The number of nitrogens with one attached hydrogen (secondary N) is 1. The van der Waals surface area contributed by atoms with E-state index in [2.05, 4.69) is 52.6 Å². The molecule has 1 saturated heterocycles. The van der Waals surface area contributed by atoms with Crippen molar-refractivity contribution < 1.29 is 29.6 Å². The fraction of sp³-hybridized carbons (Fsp3) is 0.861. The summed E-state index contributed by atoms with van der Waals surface area (Å²) < 4.78 is 12.3. The first-order valence-electron chi connectivity index (χ1n) is 17.2. The second-order valence-corrected chi connectivity index (χ2v) is 15.8. The predicted octanol–water partition coefficient (Wildman–Crippen LogP) is 5.52. The third-order valence-electron chi connectivity index (χ3n) is 13.1. The number of carbonyl (C=O) groups excluding carboxylic acids is 1. The van der Waals surface area contributed by atoms with Crippen molar-refractivity contribution >= 4 is 5.91 Å². The van der Waals surface area contributed by atoms with Gasteiger partial charge in [-0.15, -0.1) is 0 Å². The first-order chi connectivity index (χ1) is 20.3. The molecule has 4 fully saturated rings. The van der Waals surface area contributed by atoms with Crippen molar-refractivity contribution in [3.63, 3.8) is 0 Å². The van der Waals surface area contributed by atoms with Crippen molar-refractivity contribution in [2.45, 2.75) is 142 Å². The number of aliphatic hydroxyl groups excluding tert-OH is 3. The molecule has 1 aliphatic heterocycles. The van der Waals surface area contributed by atoms with Crippen LogP contribution in [0.4, 0.5) is 0 Å². The normalized spacial score (nSPS) is 45.0. The average molecular weight is 602 g/mol. The molecular formula is C36H59NO6. The van der Waals surface area contributed by atoms with Crippen LogP contribution in [0.5, 0.6) is 0 Å². The smallest absolute Gasteiger partial charge is 0.217 e. The van der Waals surface area contributed by atoms with E-state index in [9.17, 15) is 20.1 Å². The van der Waals surface area contributed by atoms with E-state index in [1.165, 1.54) is 50.2 Å². The standard InChI is InChI=1S/C36H59NO6/c1-20(2)21(3)8-9-22(4)27-12-13-28-26-11-10-24-18-25(14-16-35(24,6)29(26)15-17-36(27,28)7)42-34-31(37-23(5)39)33(41)32(40)30(19-38)43-34/h10,20,22,25-34,38,40-41H,3,8-9,11-19H2,1-2,4-7H3,(H,37,39)/t22-,25+,26+,27-,28+,29+,30-,31-,32-,33-,34-,35+,36-/m1/s1. The SMILES string of the molecule is C=C(CC[C@@H](C)[C@H]1CC[C@H]2[C@@H]3CC=C4C[C@@H](O[C@@H]5O[C@H](CO)[C@@H](O)[C@H](O)[C@H]5NC(C)=O)CC[C@]4(C)[C@H]3CC[C@]12C)C(C)C. The lowest BCUT2D eigenvalue weighted by atomic mass is 9.47. The zero-order chi connectivity index (χ0) is 31.3. The van der Waals surface area contributed by atoms with E-state index in [1.807, 2.05) is 0 Å². The van der Waals surface area contributed by atoms with Gasteiger partial charge in [0.1, 0.15) is 24.4 Å². The van der Waals surface area contributed by atoms with Gasteiger partial charge in [-0.3, -0.25) is 4.79 Å². The van der Waals surface area contributed by atoms with Gasteiger partial charge in [0.25, 0.3) is 0 Å². The highest BCUT2D eigenvalue weighted by atomic mass is 16.7. The number of hydrogen-bond donors (Lipinski definition) is 4. The van der Waals surface area contributed by atoms with Crippen LogP contribution >= 0.6 is 0 Å². The molecule has 4 N–H and O–H groups in total. The van der Waals surface area contributed by atoms with Gasteiger partial charge in [-0.2, -0.15) is 0 Å². The van der Waals surface area contributed by atoms with Crippen LogP contribution in [0.2, 0.25) is 0 Å². The fourth-order valence-corrected chi connectivity index (χ4v) is 10.4. The molecule has 0 bridgehead atoms. The fourth-order valence-electron chi connectivity index (χ4n) is 10.4. The number of ether oxygens (including phenoxy) is 2. The molecule has 3 saturated carbocycles. The molecule has 0 unspecified atom stereocenters. The Morgan fingerprint density at radius 2 is 1.86 bits per heavy atom. The Hall–Kier alpha value is -1.25. The number of carbonyl (C=O) groups is 1. The summed E-state index contributed by atoms with van der Waals surface area (Å²) in [4.78, 5) is 11.9. The minimum Gasteiger partial charge on any atom is -0.394 e. The van der Waals surface area contributed by atoms with Crippen LogP contribution < -0.4 is 5.32 Å². The monoisotopic (exact) mass is 601 g/mol. The third kappa shape index (κ3) is 6.15. The highest BCUT2D eigenvalue weighted by molar-refractivity contribution is 5.73. The summed E-state index contributed by atoms with van der Waals surface area (Å²) in [6.45, 7) is 17.5. The van der Waals surface area contributed by atoms with Crippen LogP contribution in [0, 0.1) is 46.3 Å². The maximum absolute atomic E-state index is 11.9. The molecule has 4 aliphatic carbocycles. The van der Waals surface area contributed by atoms with Gasteiger partial charge in [-0.05, 0) is 111 Å². The molecule has 5 rings (SSSR count). The molecule has 7 heteroatoms. The Balaban J connectivity index is 1.26. The molecule has 0 aromatic carbocycles. The van der Waals surface area contributed by atoms with Gasteiger partial charge in [-0.25, -0.2) is 0 Å². The van der Waals surface area contributed by atoms with Crippen molar-refractivity contribution in [1.82, 2.24) is 5.32 Å². The Morgan fingerprint density at radius 3 is 2.53 bits per heavy atom. The molecule has 5 aliphatic rings. The van der Waals surface area contributed by atoms with Gasteiger partial charge in [0.2, 0.25) is 5.91 Å². The average Bonchev–Trinajstić information content (AvgIpc) is 3.32. The lowest BCUT2D eigenvalue weighted by Gasteiger charge is -2.58. The van der Waals surface area contributed by atoms with E-state index in [4.69, 9.17) is 9.47 Å². The van der Waals surface area contributed by atoms with E-state index < -0.39 is 37.3 Å². The lowest BCUT2D eigenvalue weighted by molar-refractivity contribution is -0.284. The van der Waals surface area contributed by atoms with Crippen molar-refractivity contribution in [3.8, 4) is 0 Å². The minimum atomic E-state index is -1.30. The Morgan fingerprint density at radius 1 is 1.12 bits per heavy atom. The van der Waals surface area contributed by atoms with Gasteiger partial charge >= 0.3 is 0 Å². The lowest BCUT2D eigenvalue weighted by Crippen LogP contribution is -2.65. The Bertz CT molecular complexity index is 1060. The number of fused-ring (bicyclic) bond motifs is 5. The molecule has 13 atom stereocenters. The molecule has 244 valence electrons. The molecule has 0 aromatic rings. The van der Waals surface area contributed by atoms with E-state index in [1.54, 1.807) is 0 Å². The predicted molar refractivity (Wildman–Crippen MR) is 168 cm³/mol. The Labute approximate surface area is 259 Å². The molecule has 0 spiro atoms. The van der Waals surface area contributed by atoms with E-state index in [0.717, 1.165) is 55.8 Å². The zero-order valence-electron chi connectivity index (χ0n) is 27.6. The van der Waals surface area contributed by atoms with Crippen LogP contribution in [-0.4, -0.2) is 64.6 Å². The number of aliphatic hydroxyl groups is 3. The number of hydrogen-bond acceptors (Lipinski definition) is 6. The van der Waals surface area contributed by atoms with Crippen LogP contribution in [0.3, 0.4) is 0 Å². The number of allylic oxidation sites excluding steroid dienone is 2. The molecule has 7 nitrogen and oxygen atoms in total. The van der Waals surface area contributed by atoms with Gasteiger partial charge < -0.3 is 30.1 Å². The van der Waals surface area contributed by atoms with Gasteiger partial charge in [0.15, 0.2) is 6.29 Å². The summed E-state index contributed by atoms with van der Waals surface area (Å²) in [5.74, 6) is 4.05. The van der Waals surface area contributed by atoms with Crippen molar-refractivity contribution in [3.05, 3.63) is 23.8 Å². The molecular weight excluding hydrogens is 542 g/mol. The second kappa shape index (κ2) is 12.9. The number of rotatable bonds is 9. The maximum atomic E-state index is 11.9. The van der Waals surface area contributed by atoms with Crippen molar-refractivity contribution in [2.75, 3.05) is 6.61 Å². The van der Waals surface area contributed by atoms with E-state index in [0.29, 0.717) is 17.3 Å². The molecule has 0 radical (unpaired) electrons. The highest BCUT2D eigenvalue weighted by Crippen LogP contribution is 2.67. The Kier molecular flexibility index (Phi) is 9.91. The highest BCUT2D eigenvalue weighted by Gasteiger charge is 2.59. The van der Waals surface area contributed by atoms with E-state index in [-0.39, 0.29) is 17.4 Å². The molecule has 43 heavy (non-hydrogen) atoms. The first kappa shape index (κ1) is 33.1. The topological polar surface area (TPSA) is 108 Å². The quantitative estimate of drug-likeness (QED) is 0.259. The number of amides is 1. The molecule has 1 amide bonds. The zero-order valence-corrected chi connectivity index (χ0v) is 27.6. The van der Waals surface area contributed by atoms with Crippen LogP contribution in [0.25, 0.3) is 0 Å². The first-order valence-corrected chi connectivity index (χ1v) is 17.2. The van der Waals surface area contributed by atoms with Gasteiger partial charge in [-0.1, -0.05) is 58.4 Å². The molecule has 1 heterocycles. The van der Waals surface area contributed by atoms with Crippen molar-refractivity contribution in [1.29, 1.82) is 0 Å². The summed E-state index contributed by atoms with van der Waals surface area (Å²) in [6.07, 6.45) is 9.65. The van der Waals surface area contributed by atoms with Gasteiger partial charge in [0.05, 0.1) is 12.7 Å². The summed E-state index contributed by atoms with van der Waals surface area (Å²) >= 11 is 0. The summed E-state index contributed by atoms with van der Waals surface area (Å²) in [5.41, 5.74) is 3.51. The summed E-state index contributed by atoms with van der Waals surface area (Å²) in [5, 5.41) is 33.5. The van der Waals surface area contributed by atoms with Crippen LogP contribution in [0.15, 0.2) is 23.8 Å². The van der Waals surface area contributed by atoms with Crippen LogP contribution in [-0.2, 0) is 14.3 Å². The largest absolute Gasteiger partial charge is 0.394 e. The maximum Gasteiger partial charge on any atom is 0.217 e.